The third-order valence-electron chi connectivity index (χ3n) is 6.75. The second-order valence-electron chi connectivity index (χ2n) is 8.61. The number of rotatable bonds is 3. The summed E-state index contributed by atoms with van der Waals surface area (Å²) in [4.78, 5) is 12.8. The monoisotopic (exact) mass is 384 g/mol. The minimum atomic E-state index is -4.86. The van der Waals surface area contributed by atoms with E-state index < -0.39 is 34.8 Å². The zero-order chi connectivity index (χ0) is 19.8. The fourth-order valence-corrected chi connectivity index (χ4v) is 4.99. The normalized spacial score (nSPS) is 29.6. The van der Waals surface area contributed by atoms with Crippen LogP contribution in [0.3, 0.4) is 0 Å². The van der Waals surface area contributed by atoms with Crippen molar-refractivity contribution in [3.63, 3.8) is 0 Å². The molecule has 0 saturated heterocycles. The summed E-state index contributed by atoms with van der Waals surface area (Å²) in [7, 11) is 0. The van der Waals surface area contributed by atoms with E-state index in [2.05, 4.69) is 6.92 Å². The quantitative estimate of drug-likeness (QED) is 0.406. The summed E-state index contributed by atoms with van der Waals surface area (Å²) in [6.45, 7) is 3.57. The molecule has 5 heteroatoms. The van der Waals surface area contributed by atoms with Gasteiger partial charge in [-0.1, -0.05) is 31.9 Å². The number of alkyl halides is 3. The van der Waals surface area contributed by atoms with Crippen LogP contribution in [0.15, 0.2) is 12.1 Å². The minimum Gasteiger partial charge on any atom is -0.294 e. The topological polar surface area (TPSA) is 17.1 Å². The molecule has 3 rings (SSSR count). The fraction of sp³-hybridized carbons (Fsp3) is 0.682. The molecule has 0 spiro atoms. The maximum absolute atomic E-state index is 14.1. The van der Waals surface area contributed by atoms with Crippen LogP contribution in [0.5, 0.6) is 0 Å². The molecule has 0 aliphatic heterocycles. The van der Waals surface area contributed by atoms with Crippen molar-refractivity contribution >= 4 is 5.78 Å². The lowest BCUT2D eigenvalue weighted by molar-refractivity contribution is -0.140. The molecule has 150 valence electrons. The first kappa shape index (κ1) is 20.3. The Balaban J connectivity index is 1.71. The number of halogens is 4. The second-order valence-corrected chi connectivity index (χ2v) is 8.61. The van der Waals surface area contributed by atoms with Gasteiger partial charge in [0.15, 0.2) is 5.78 Å². The van der Waals surface area contributed by atoms with E-state index in [1.807, 2.05) is 0 Å². The van der Waals surface area contributed by atoms with Gasteiger partial charge in [0.25, 0.3) is 0 Å². The van der Waals surface area contributed by atoms with Gasteiger partial charge in [0, 0.05) is 11.5 Å². The Kier molecular flexibility index (Phi) is 5.97. The molecule has 27 heavy (non-hydrogen) atoms. The van der Waals surface area contributed by atoms with Crippen LogP contribution < -0.4 is 0 Å². The zero-order valence-electron chi connectivity index (χ0n) is 16.0. The van der Waals surface area contributed by atoms with E-state index in [1.54, 1.807) is 0 Å². The molecule has 2 aliphatic carbocycles. The number of benzene rings is 1. The van der Waals surface area contributed by atoms with Gasteiger partial charge >= 0.3 is 6.18 Å². The van der Waals surface area contributed by atoms with Crippen LogP contribution in [0, 0.1) is 36.4 Å². The molecule has 2 saturated carbocycles. The Bertz CT molecular complexity index is 678. The number of Topliss-reactive ketones (excluding diaryl/α,β-unsaturated/α-hetero) is 1. The van der Waals surface area contributed by atoms with Gasteiger partial charge in [0.1, 0.15) is 11.4 Å². The second kappa shape index (κ2) is 7.92. The largest absolute Gasteiger partial charge is 0.419 e. The standard InChI is InChI=1S/C22H28F4O/c1-13-3-6-15(7-4-13)16-8-10-17(11-9-16)21(27)18-12-5-14(2)20(23)19(18)22(24,25)26/h5,12-13,15-17H,3-4,6-11H2,1-2H3. The van der Waals surface area contributed by atoms with Gasteiger partial charge in [0.05, 0.1) is 0 Å². The first-order chi connectivity index (χ1) is 12.7. The van der Waals surface area contributed by atoms with E-state index in [9.17, 15) is 22.4 Å². The lowest BCUT2D eigenvalue weighted by atomic mass is 9.68. The number of hydrogen-bond donors (Lipinski definition) is 0. The van der Waals surface area contributed by atoms with Crippen LogP contribution in [0.1, 0.15) is 79.8 Å². The Morgan fingerprint density at radius 2 is 1.44 bits per heavy atom. The molecular weight excluding hydrogens is 356 g/mol. The third kappa shape index (κ3) is 4.38. The summed E-state index contributed by atoms with van der Waals surface area (Å²) in [5.41, 5.74) is -1.98. The predicted molar refractivity (Wildman–Crippen MR) is 97.0 cm³/mol. The van der Waals surface area contributed by atoms with Crippen LogP contribution in [-0.4, -0.2) is 5.78 Å². The van der Waals surface area contributed by atoms with E-state index >= 15 is 0 Å². The van der Waals surface area contributed by atoms with Crippen LogP contribution in [0.25, 0.3) is 0 Å². The van der Waals surface area contributed by atoms with Gasteiger partial charge in [-0.25, -0.2) is 4.39 Å². The molecule has 0 radical (unpaired) electrons. The Hall–Kier alpha value is -1.39. The van der Waals surface area contributed by atoms with Gasteiger partial charge in [-0.3, -0.25) is 4.79 Å². The Morgan fingerprint density at radius 1 is 0.926 bits per heavy atom. The lowest BCUT2D eigenvalue weighted by Gasteiger charge is -2.37. The maximum atomic E-state index is 14.1. The molecule has 2 fully saturated rings. The molecule has 2 aliphatic rings. The summed E-state index contributed by atoms with van der Waals surface area (Å²) in [6.07, 6.45) is 3.11. The average molecular weight is 384 g/mol. The van der Waals surface area contributed by atoms with Crippen molar-refractivity contribution in [3.05, 3.63) is 34.6 Å². The number of aryl methyl sites for hydroxylation is 1. The highest BCUT2D eigenvalue weighted by molar-refractivity contribution is 5.99. The summed E-state index contributed by atoms with van der Waals surface area (Å²) >= 11 is 0. The molecule has 0 bridgehead atoms. The molecule has 0 heterocycles. The molecule has 0 atom stereocenters. The van der Waals surface area contributed by atoms with Gasteiger partial charge in [-0.15, -0.1) is 0 Å². The van der Waals surface area contributed by atoms with Crippen molar-refractivity contribution < 1.29 is 22.4 Å². The number of carbonyl (C=O) groups excluding carboxylic acids is 1. The molecule has 1 aromatic carbocycles. The summed E-state index contributed by atoms with van der Waals surface area (Å²) in [6, 6.07) is 2.42. The van der Waals surface area contributed by atoms with Crippen LogP contribution in [-0.2, 0) is 6.18 Å². The van der Waals surface area contributed by atoms with Crippen LogP contribution in [0.2, 0.25) is 0 Å². The molecule has 0 aromatic heterocycles. The average Bonchev–Trinajstić information content (AvgIpc) is 2.63. The molecule has 0 N–H and O–H groups in total. The third-order valence-corrected chi connectivity index (χ3v) is 6.75. The van der Waals surface area contributed by atoms with Crippen molar-refractivity contribution in [1.82, 2.24) is 0 Å². The molecule has 0 unspecified atom stereocenters. The van der Waals surface area contributed by atoms with Crippen molar-refractivity contribution in [2.45, 2.75) is 71.4 Å². The van der Waals surface area contributed by atoms with Crippen molar-refractivity contribution in [1.29, 1.82) is 0 Å². The lowest BCUT2D eigenvalue weighted by Crippen LogP contribution is -2.29. The maximum Gasteiger partial charge on any atom is 0.419 e. The number of hydrogen-bond acceptors (Lipinski definition) is 1. The van der Waals surface area contributed by atoms with Gasteiger partial charge < -0.3 is 0 Å². The zero-order valence-corrected chi connectivity index (χ0v) is 16.0. The number of ketones is 1. The van der Waals surface area contributed by atoms with Crippen LogP contribution in [0.4, 0.5) is 17.6 Å². The summed E-state index contributed by atoms with van der Waals surface area (Å²) in [5, 5.41) is 0. The Labute approximate surface area is 158 Å². The predicted octanol–water partition coefficient (Wildman–Crippen LogP) is 6.97. The highest BCUT2D eigenvalue weighted by Crippen LogP contribution is 2.43. The fourth-order valence-electron chi connectivity index (χ4n) is 4.99. The SMILES string of the molecule is Cc1ccc(C(=O)C2CCC(C3CCC(C)CC3)CC2)c(C(F)(F)F)c1F. The van der Waals surface area contributed by atoms with Gasteiger partial charge in [0.2, 0.25) is 0 Å². The molecule has 0 amide bonds. The van der Waals surface area contributed by atoms with Crippen molar-refractivity contribution in [3.8, 4) is 0 Å². The Morgan fingerprint density at radius 3 is 1.96 bits per heavy atom. The number of carbonyl (C=O) groups is 1. The molecular formula is C22H28F4O. The smallest absolute Gasteiger partial charge is 0.294 e. The van der Waals surface area contributed by atoms with E-state index in [0.717, 1.165) is 24.8 Å². The first-order valence-electron chi connectivity index (χ1n) is 10.1. The highest BCUT2D eigenvalue weighted by Gasteiger charge is 2.41. The van der Waals surface area contributed by atoms with E-state index in [4.69, 9.17) is 0 Å². The highest BCUT2D eigenvalue weighted by atomic mass is 19.4. The summed E-state index contributed by atoms with van der Waals surface area (Å²) in [5.74, 6) is -0.225. The van der Waals surface area contributed by atoms with Gasteiger partial charge in [-0.05, 0) is 68.8 Å². The molecule has 1 aromatic rings. The van der Waals surface area contributed by atoms with Crippen LogP contribution >= 0.6 is 0 Å². The van der Waals surface area contributed by atoms with E-state index in [-0.39, 0.29) is 5.56 Å². The van der Waals surface area contributed by atoms with Crippen molar-refractivity contribution in [2.75, 3.05) is 0 Å². The van der Waals surface area contributed by atoms with Gasteiger partial charge in [-0.2, -0.15) is 13.2 Å². The van der Waals surface area contributed by atoms with E-state index in [1.165, 1.54) is 38.7 Å². The first-order valence-corrected chi connectivity index (χ1v) is 10.1. The minimum absolute atomic E-state index is 0.0888. The van der Waals surface area contributed by atoms with Crippen molar-refractivity contribution in [2.24, 2.45) is 23.7 Å². The molecule has 1 nitrogen and oxygen atoms in total. The summed E-state index contributed by atoms with van der Waals surface area (Å²) < 4.78 is 54.2. The van der Waals surface area contributed by atoms with E-state index in [0.29, 0.717) is 24.7 Å².